The molecule has 4 nitrogen and oxygen atoms in total. The fraction of sp³-hybridized carbons (Fsp3) is 0. The summed E-state index contributed by atoms with van der Waals surface area (Å²) in [5, 5.41) is 10.2. The van der Waals surface area contributed by atoms with Crippen LogP contribution in [-0.4, -0.2) is 9.97 Å². The van der Waals surface area contributed by atoms with E-state index in [0.717, 1.165) is 0 Å². The van der Waals surface area contributed by atoms with Gasteiger partial charge in [-0.1, -0.05) is 0 Å². The molecule has 0 atom stereocenters. The topological polar surface area (TPSA) is 75.6 Å². The van der Waals surface area contributed by atoms with Crippen molar-refractivity contribution in [3.8, 4) is 6.07 Å². The number of nitrogen functional groups attached to an aromatic ring is 1. The second kappa shape index (κ2) is 4.64. The number of pyridine rings is 2. The van der Waals surface area contributed by atoms with E-state index in [1.54, 1.807) is 36.7 Å². The van der Waals surface area contributed by atoms with Gasteiger partial charge in [0.25, 0.3) is 0 Å². The van der Waals surface area contributed by atoms with Crippen molar-refractivity contribution in [2.24, 2.45) is 0 Å². The number of aromatic nitrogens is 2. The molecule has 0 aliphatic carbocycles. The van der Waals surface area contributed by atoms with Crippen molar-refractivity contribution in [1.29, 1.82) is 5.26 Å². The summed E-state index contributed by atoms with van der Waals surface area (Å²) in [6.07, 6.45) is 3.27. The van der Waals surface area contributed by atoms with E-state index in [1.807, 2.05) is 0 Å². The quantitative estimate of drug-likeness (QED) is 0.851. The van der Waals surface area contributed by atoms with Crippen LogP contribution >= 0.6 is 11.8 Å². The van der Waals surface area contributed by atoms with Gasteiger partial charge in [-0.15, -0.1) is 0 Å². The molecule has 0 radical (unpaired) electrons. The summed E-state index contributed by atoms with van der Waals surface area (Å²) in [5.41, 5.74) is 6.95. The fourth-order valence-electron chi connectivity index (χ4n) is 1.12. The average molecular weight is 228 g/mol. The van der Waals surface area contributed by atoms with Crippen LogP contribution in [0.4, 0.5) is 5.69 Å². The number of nitriles is 1. The predicted molar refractivity (Wildman–Crippen MR) is 61.7 cm³/mol. The van der Waals surface area contributed by atoms with E-state index in [9.17, 15) is 0 Å². The predicted octanol–water partition coefficient (Wildman–Crippen LogP) is 2.08. The van der Waals surface area contributed by atoms with Gasteiger partial charge in [0.2, 0.25) is 0 Å². The third-order valence-corrected chi connectivity index (χ3v) is 2.83. The molecule has 2 aromatic rings. The molecule has 0 saturated carbocycles. The molecule has 0 amide bonds. The number of nitrogens with zero attached hydrogens (tertiary/aromatic N) is 3. The van der Waals surface area contributed by atoms with Gasteiger partial charge in [-0.3, -0.25) is 0 Å². The molecule has 2 aromatic heterocycles. The maximum Gasteiger partial charge on any atom is 0.125 e. The van der Waals surface area contributed by atoms with E-state index in [-0.39, 0.29) is 0 Å². The maximum atomic E-state index is 8.76. The van der Waals surface area contributed by atoms with Crippen LogP contribution in [0, 0.1) is 11.3 Å². The number of hydrogen-bond acceptors (Lipinski definition) is 5. The lowest BCUT2D eigenvalue weighted by Crippen LogP contribution is -1.91. The zero-order valence-corrected chi connectivity index (χ0v) is 9.11. The first-order valence-electron chi connectivity index (χ1n) is 4.54. The van der Waals surface area contributed by atoms with Gasteiger partial charge in [-0.05, 0) is 36.0 Å². The lowest BCUT2D eigenvalue weighted by atomic mass is 10.3. The van der Waals surface area contributed by atoms with E-state index < -0.39 is 0 Å². The second-order valence-corrected chi connectivity index (χ2v) is 4.00. The van der Waals surface area contributed by atoms with Crippen LogP contribution in [0.2, 0.25) is 0 Å². The summed E-state index contributed by atoms with van der Waals surface area (Å²) < 4.78 is 0. The largest absolute Gasteiger partial charge is 0.397 e. The van der Waals surface area contributed by atoms with E-state index in [2.05, 4.69) is 16.0 Å². The van der Waals surface area contributed by atoms with Crippen LogP contribution in [-0.2, 0) is 0 Å². The first-order valence-corrected chi connectivity index (χ1v) is 5.36. The Morgan fingerprint density at radius 3 is 2.88 bits per heavy atom. The summed E-state index contributed by atoms with van der Waals surface area (Å²) in [5.74, 6) is 0. The Labute approximate surface area is 97.1 Å². The minimum atomic E-state index is 0.576. The highest BCUT2D eigenvalue weighted by atomic mass is 32.2. The lowest BCUT2D eigenvalue weighted by molar-refractivity contribution is 1.09. The second-order valence-electron chi connectivity index (χ2n) is 2.99. The molecule has 0 bridgehead atoms. The molecule has 0 unspecified atom stereocenters. The van der Waals surface area contributed by atoms with Crippen molar-refractivity contribution in [2.75, 3.05) is 5.73 Å². The third-order valence-electron chi connectivity index (χ3n) is 1.87. The summed E-state index contributed by atoms with van der Waals surface area (Å²) in [7, 11) is 0. The Balaban J connectivity index is 2.28. The normalized spacial score (nSPS) is 9.69. The first-order chi connectivity index (χ1) is 7.79. The van der Waals surface area contributed by atoms with Crippen molar-refractivity contribution >= 4 is 17.4 Å². The van der Waals surface area contributed by atoms with Gasteiger partial charge >= 0.3 is 0 Å². The molecule has 16 heavy (non-hydrogen) atoms. The van der Waals surface area contributed by atoms with E-state index in [1.165, 1.54) is 11.8 Å². The molecular formula is C11H8N4S. The fourth-order valence-corrected chi connectivity index (χ4v) is 1.92. The lowest BCUT2D eigenvalue weighted by Gasteiger charge is -2.02. The van der Waals surface area contributed by atoms with Gasteiger partial charge in [0, 0.05) is 12.4 Å². The molecule has 2 N–H and O–H groups in total. The first kappa shape index (κ1) is 10.5. The van der Waals surface area contributed by atoms with E-state index in [4.69, 9.17) is 11.0 Å². The van der Waals surface area contributed by atoms with E-state index >= 15 is 0 Å². The van der Waals surface area contributed by atoms with Crippen LogP contribution in [0.3, 0.4) is 0 Å². The molecule has 2 rings (SSSR count). The highest BCUT2D eigenvalue weighted by molar-refractivity contribution is 7.99. The SMILES string of the molecule is N#Cc1ccnc(Sc2ncccc2N)c1. The van der Waals surface area contributed by atoms with Crippen LogP contribution < -0.4 is 5.73 Å². The van der Waals surface area contributed by atoms with Crippen molar-refractivity contribution < 1.29 is 0 Å². The van der Waals surface area contributed by atoms with Gasteiger partial charge in [0.1, 0.15) is 10.1 Å². The van der Waals surface area contributed by atoms with Crippen molar-refractivity contribution in [3.05, 3.63) is 42.2 Å². The van der Waals surface area contributed by atoms with Crippen LogP contribution in [0.15, 0.2) is 46.7 Å². The molecule has 2 heterocycles. The number of hydrogen-bond donors (Lipinski definition) is 1. The highest BCUT2D eigenvalue weighted by Crippen LogP contribution is 2.28. The van der Waals surface area contributed by atoms with Crippen molar-refractivity contribution in [3.63, 3.8) is 0 Å². The Hall–Kier alpha value is -2.06. The van der Waals surface area contributed by atoms with Gasteiger partial charge in [0.15, 0.2) is 0 Å². The highest BCUT2D eigenvalue weighted by Gasteiger charge is 2.04. The zero-order valence-electron chi connectivity index (χ0n) is 8.29. The minimum absolute atomic E-state index is 0.576. The monoisotopic (exact) mass is 228 g/mol. The van der Waals surface area contributed by atoms with Crippen LogP contribution in [0.5, 0.6) is 0 Å². The molecular weight excluding hydrogens is 220 g/mol. The van der Waals surface area contributed by atoms with Crippen molar-refractivity contribution in [1.82, 2.24) is 9.97 Å². The Morgan fingerprint density at radius 1 is 1.25 bits per heavy atom. The van der Waals surface area contributed by atoms with Crippen LogP contribution in [0.1, 0.15) is 5.56 Å². The van der Waals surface area contributed by atoms with Gasteiger partial charge in [0.05, 0.1) is 17.3 Å². The van der Waals surface area contributed by atoms with Crippen LogP contribution in [0.25, 0.3) is 0 Å². The Kier molecular flexibility index (Phi) is 3.03. The molecule has 0 spiro atoms. The van der Waals surface area contributed by atoms with E-state index in [0.29, 0.717) is 21.3 Å². The summed E-state index contributed by atoms with van der Waals surface area (Å²) in [6, 6.07) is 8.99. The maximum absolute atomic E-state index is 8.76. The minimum Gasteiger partial charge on any atom is -0.397 e. The zero-order chi connectivity index (χ0) is 11.4. The molecule has 0 saturated heterocycles. The summed E-state index contributed by atoms with van der Waals surface area (Å²) in [6.45, 7) is 0. The molecule has 0 aliphatic heterocycles. The molecule has 78 valence electrons. The molecule has 0 aliphatic rings. The van der Waals surface area contributed by atoms with Crippen molar-refractivity contribution in [2.45, 2.75) is 10.1 Å². The summed E-state index contributed by atoms with van der Waals surface area (Å²) >= 11 is 1.35. The molecule has 5 heteroatoms. The molecule has 0 fully saturated rings. The molecule has 0 aromatic carbocycles. The average Bonchev–Trinajstić information content (AvgIpc) is 2.32. The smallest absolute Gasteiger partial charge is 0.125 e. The number of anilines is 1. The van der Waals surface area contributed by atoms with Gasteiger partial charge < -0.3 is 5.73 Å². The number of nitrogens with two attached hydrogens (primary N) is 1. The Morgan fingerprint density at radius 2 is 2.12 bits per heavy atom. The van der Waals surface area contributed by atoms with Gasteiger partial charge in [-0.2, -0.15) is 5.26 Å². The summed E-state index contributed by atoms with van der Waals surface area (Å²) in [4.78, 5) is 8.28. The number of rotatable bonds is 2. The Bertz CT molecular complexity index is 548. The standard InChI is InChI=1S/C11H8N4S/c12-7-8-3-5-14-10(6-8)16-11-9(13)2-1-4-15-11/h1-6H,13H2. The van der Waals surface area contributed by atoms with Gasteiger partial charge in [-0.25, -0.2) is 9.97 Å². The third kappa shape index (κ3) is 2.30.